The predicted octanol–water partition coefficient (Wildman–Crippen LogP) is 4.99. The molecule has 2 rings (SSSR count). The smallest absolute Gasteiger partial charge is 0.353 e. The first-order valence-electron chi connectivity index (χ1n) is 7.85. The number of aromatic nitrogens is 2. The molecule has 1 aromatic carbocycles. The van der Waals surface area contributed by atoms with E-state index in [1.54, 1.807) is 14.1 Å². The molecule has 0 spiro atoms. The zero-order valence-corrected chi connectivity index (χ0v) is 16.3. The Bertz CT molecular complexity index is 822. The van der Waals surface area contributed by atoms with Gasteiger partial charge < -0.3 is 15.5 Å². The van der Waals surface area contributed by atoms with Crippen molar-refractivity contribution < 1.29 is 26.3 Å². The van der Waals surface area contributed by atoms with E-state index in [-0.39, 0.29) is 21.9 Å². The molecule has 0 bridgehead atoms. The fourth-order valence-electron chi connectivity index (χ4n) is 2.06. The average molecular weight is 472 g/mol. The fraction of sp³-hybridized carbons (Fsp3) is 0.375. The lowest BCUT2D eigenvalue weighted by atomic mass is 10.2. The number of nitrogens with one attached hydrogen (secondary N) is 2. The van der Waals surface area contributed by atoms with Crippen LogP contribution in [0.5, 0.6) is 0 Å². The van der Waals surface area contributed by atoms with Crippen LogP contribution in [0.15, 0.2) is 28.7 Å². The zero-order chi connectivity index (χ0) is 21.1. The summed E-state index contributed by atoms with van der Waals surface area (Å²) in [5.74, 6) is -0.461. The van der Waals surface area contributed by atoms with Crippen molar-refractivity contribution in [1.29, 1.82) is 0 Å². The molecule has 0 saturated carbocycles. The van der Waals surface area contributed by atoms with Gasteiger partial charge in [0, 0.05) is 23.6 Å². The monoisotopic (exact) mass is 471 g/mol. The molecule has 0 saturated heterocycles. The number of rotatable bonds is 6. The molecule has 12 heteroatoms. The van der Waals surface area contributed by atoms with E-state index in [1.807, 2.05) is 4.90 Å². The Labute approximate surface area is 165 Å². The van der Waals surface area contributed by atoms with Gasteiger partial charge in [-0.15, -0.1) is 0 Å². The van der Waals surface area contributed by atoms with E-state index in [0.717, 1.165) is 18.2 Å². The summed E-state index contributed by atoms with van der Waals surface area (Å²) in [5.41, 5.74) is -1.95. The van der Waals surface area contributed by atoms with Gasteiger partial charge in [-0.3, -0.25) is 0 Å². The van der Waals surface area contributed by atoms with Crippen LogP contribution in [0.4, 0.5) is 43.8 Å². The topological polar surface area (TPSA) is 53.1 Å². The lowest BCUT2D eigenvalue weighted by Gasteiger charge is -2.15. The lowest BCUT2D eigenvalue weighted by molar-refractivity contribution is -0.141. The van der Waals surface area contributed by atoms with Crippen LogP contribution < -0.4 is 10.6 Å². The van der Waals surface area contributed by atoms with Crippen molar-refractivity contribution in [3.8, 4) is 0 Å². The quantitative estimate of drug-likeness (QED) is 0.581. The number of likely N-dealkylation sites (N-methyl/N-ethyl adjacent to an activating group) is 1. The molecule has 1 aromatic heterocycles. The Morgan fingerprint density at radius 2 is 1.68 bits per heavy atom. The second kappa shape index (κ2) is 8.52. The number of hydrogen-bond acceptors (Lipinski definition) is 5. The number of alkyl halides is 6. The van der Waals surface area contributed by atoms with Gasteiger partial charge in [0.05, 0.1) is 11.3 Å². The first-order valence-corrected chi connectivity index (χ1v) is 8.64. The van der Waals surface area contributed by atoms with Crippen molar-refractivity contribution in [1.82, 2.24) is 14.9 Å². The molecule has 0 aliphatic rings. The van der Waals surface area contributed by atoms with E-state index in [9.17, 15) is 26.3 Å². The molecule has 0 aliphatic heterocycles. The van der Waals surface area contributed by atoms with Crippen molar-refractivity contribution in [3.05, 3.63) is 40.0 Å². The zero-order valence-electron chi connectivity index (χ0n) is 14.7. The van der Waals surface area contributed by atoms with E-state index >= 15 is 0 Å². The summed E-state index contributed by atoms with van der Waals surface area (Å²) in [7, 11) is 3.59. The molecule has 0 aliphatic carbocycles. The van der Waals surface area contributed by atoms with Gasteiger partial charge in [-0.05, 0) is 48.2 Å². The van der Waals surface area contributed by atoms with Gasteiger partial charge in [0.2, 0.25) is 5.95 Å². The van der Waals surface area contributed by atoms with E-state index in [0.29, 0.717) is 19.2 Å². The van der Waals surface area contributed by atoms with E-state index in [2.05, 4.69) is 36.5 Å². The van der Waals surface area contributed by atoms with Crippen molar-refractivity contribution in [2.45, 2.75) is 12.4 Å². The summed E-state index contributed by atoms with van der Waals surface area (Å²) in [6.45, 7) is 0.838. The van der Waals surface area contributed by atoms with E-state index in [4.69, 9.17) is 0 Å². The maximum atomic E-state index is 13.1. The molecule has 2 aromatic rings. The predicted molar refractivity (Wildman–Crippen MR) is 96.5 cm³/mol. The summed E-state index contributed by atoms with van der Waals surface area (Å²) >= 11 is 2.98. The summed E-state index contributed by atoms with van der Waals surface area (Å²) in [5, 5.41) is 5.28. The molecule has 0 amide bonds. The average Bonchev–Trinajstić information content (AvgIpc) is 2.54. The third-order valence-electron chi connectivity index (χ3n) is 3.42. The molecule has 0 fully saturated rings. The molecular formula is C16H16BrF6N5. The highest BCUT2D eigenvalue weighted by Crippen LogP contribution is 2.35. The maximum Gasteiger partial charge on any atom is 0.433 e. The highest BCUT2D eigenvalue weighted by molar-refractivity contribution is 9.10. The van der Waals surface area contributed by atoms with Gasteiger partial charge >= 0.3 is 12.4 Å². The number of hydrogen-bond donors (Lipinski definition) is 2. The minimum absolute atomic E-state index is 0.0246. The van der Waals surface area contributed by atoms with Gasteiger partial charge in [0.25, 0.3) is 0 Å². The molecule has 0 radical (unpaired) electrons. The van der Waals surface area contributed by atoms with Crippen molar-refractivity contribution in [3.63, 3.8) is 0 Å². The van der Waals surface area contributed by atoms with Gasteiger partial charge in [0.15, 0.2) is 5.69 Å². The first kappa shape index (κ1) is 22.2. The van der Waals surface area contributed by atoms with Crippen LogP contribution in [0.25, 0.3) is 0 Å². The molecule has 5 nitrogen and oxygen atoms in total. The number of anilines is 3. The van der Waals surface area contributed by atoms with Gasteiger partial charge in [0.1, 0.15) is 5.82 Å². The Morgan fingerprint density at radius 1 is 1.00 bits per heavy atom. The minimum atomic E-state index is -4.71. The van der Waals surface area contributed by atoms with Gasteiger partial charge in [-0.1, -0.05) is 0 Å². The molecule has 154 valence electrons. The number of benzene rings is 1. The SMILES string of the molecule is CN(C)CCNc1nc(Nc2ccc(C(F)(F)F)cc2Br)cc(C(F)(F)F)n1. The summed E-state index contributed by atoms with van der Waals surface area (Å²) in [4.78, 5) is 9.22. The Morgan fingerprint density at radius 3 is 2.21 bits per heavy atom. The largest absolute Gasteiger partial charge is 0.433 e. The number of halogens is 7. The van der Waals surface area contributed by atoms with Crippen molar-refractivity contribution >= 4 is 33.4 Å². The van der Waals surface area contributed by atoms with Crippen LogP contribution in [0.1, 0.15) is 11.3 Å². The van der Waals surface area contributed by atoms with Crippen molar-refractivity contribution in [2.75, 3.05) is 37.8 Å². The van der Waals surface area contributed by atoms with Crippen LogP contribution in [0.2, 0.25) is 0 Å². The van der Waals surface area contributed by atoms with Crippen molar-refractivity contribution in [2.24, 2.45) is 0 Å². The van der Waals surface area contributed by atoms with Crippen LogP contribution in [-0.4, -0.2) is 42.1 Å². The van der Waals surface area contributed by atoms with Crippen LogP contribution >= 0.6 is 15.9 Å². The van der Waals surface area contributed by atoms with Gasteiger partial charge in [-0.2, -0.15) is 31.3 Å². The normalized spacial score (nSPS) is 12.4. The Balaban J connectivity index is 2.31. The molecule has 2 N–H and O–H groups in total. The third-order valence-corrected chi connectivity index (χ3v) is 4.07. The van der Waals surface area contributed by atoms with E-state index in [1.165, 1.54) is 0 Å². The highest BCUT2D eigenvalue weighted by atomic mass is 79.9. The van der Waals surface area contributed by atoms with Gasteiger partial charge in [-0.25, -0.2) is 4.98 Å². The minimum Gasteiger partial charge on any atom is -0.353 e. The third kappa shape index (κ3) is 6.23. The molecule has 0 unspecified atom stereocenters. The molecular weight excluding hydrogens is 456 g/mol. The Kier molecular flexibility index (Phi) is 6.75. The van der Waals surface area contributed by atoms with Crippen LogP contribution in [0, 0.1) is 0 Å². The number of nitrogens with zero attached hydrogens (tertiary/aromatic N) is 3. The maximum absolute atomic E-state index is 13.1. The van der Waals surface area contributed by atoms with Crippen LogP contribution in [-0.2, 0) is 12.4 Å². The second-order valence-corrected chi connectivity index (χ2v) is 6.86. The summed E-state index contributed by atoms with van der Waals surface area (Å²) in [6, 6.07) is 3.42. The molecule has 28 heavy (non-hydrogen) atoms. The summed E-state index contributed by atoms with van der Waals surface area (Å²) in [6.07, 6.45) is -9.25. The second-order valence-electron chi connectivity index (χ2n) is 6.01. The first-order chi connectivity index (χ1) is 12.9. The highest BCUT2D eigenvalue weighted by Gasteiger charge is 2.34. The Hall–Kier alpha value is -2.08. The lowest BCUT2D eigenvalue weighted by Crippen LogP contribution is -2.22. The summed E-state index contributed by atoms with van der Waals surface area (Å²) < 4.78 is 77.6. The molecule has 1 heterocycles. The van der Waals surface area contributed by atoms with Crippen LogP contribution in [0.3, 0.4) is 0 Å². The fourth-order valence-corrected chi connectivity index (χ4v) is 2.54. The molecule has 0 atom stereocenters. The van der Waals surface area contributed by atoms with E-state index < -0.39 is 23.6 Å². The standard InChI is InChI=1S/C16H16BrF6N5/c1-28(2)6-5-24-14-26-12(16(21,22)23)8-13(27-14)25-11-4-3-9(7-10(11)17)15(18,19)20/h3-4,7-8H,5-6H2,1-2H3,(H2,24,25,26,27).